The Morgan fingerprint density at radius 1 is 1.32 bits per heavy atom. The van der Waals surface area contributed by atoms with Crippen LogP contribution in [-0.4, -0.2) is 9.91 Å². The molecule has 0 saturated heterocycles. The van der Waals surface area contributed by atoms with Crippen LogP contribution in [0.1, 0.15) is 11.3 Å². The number of hydrogen-bond acceptors (Lipinski definition) is 5. The molecule has 1 aromatic heterocycles. The Morgan fingerprint density at radius 2 is 2.05 bits per heavy atom. The van der Waals surface area contributed by atoms with Gasteiger partial charge in [0.05, 0.1) is 11.1 Å². The van der Waals surface area contributed by atoms with Crippen molar-refractivity contribution in [2.24, 2.45) is 0 Å². The maximum atomic E-state index is 10.7. The first-order chi connectivity index (χ1) is 9.10. The average molecular weight is 255 g/mol. The Bertz CT molecular complexity index is 660. The topological polar surface area (TPSA) is 89.0 Å². The molecular formula is C13H9N3O3. The first-order valence-electron chi connectivity index (χ1n) is 5.39. The van der Waals surface area contributed by atoms with Crippen molar-refractivity contribution in [2.75, 3.05) is 0 Å². The standard InChI is InChI=1S/C13H9N3O3/c1-9-6-11(4-5-13(9)16(17)18)19-12-3-2-10(7-14)15-8-12/h2-6,8H,1H3. The monoisotopic (exact) mass is 255 g/mol. The first kappa shape index (κ1) is 12.5. The van der Waals surface area contributed by atoms with Gasteiger partial charge in [-0.05, 0) is 31.2 Å². The molecule has 6 nitrogen and oxygen atoms in total. The van der Waals surface area contributed by atoms with Crippen molar-refractivity contribution in [1.82, 2.24) is 4.98 Å². The molecule has 0 aliphatic heterocycles. The SMILES string of the molecule is Cc1cc(Oc2ccc(C#N)nc2)ccc1[N+](=O)[O-]. The van der Waals surface area contributed by atoms with Crippen molar-refractivity contribution in [3.05, 3.63) is 57.9 Å². The second-order valence-corrected chi connectivity index (χ2v) is 3.80. The lowest BCUT2D eigenvalue weighted by molar-refractivity contribution is -0.385. The number of nitriles is 1. The van der Waals surface area contributed by atoms with Gasteiger partial charge in [-0.3, -0.25) is 10.1 Å². The molecule has 0 radical (unpaired) electrons. The number of nitro benzene ring substituents is 1. The number of ether oxygens (including phenoxy) is 1. The van der Waals surface area contributed by atoms with Crippen LogP contribution in [0.5, 0.6) is 11.5 Å². The molecule has 0 fully saturated rings. The molecule has 2 rings (SSSR count). The molecule has 6 heteroatoms. The fraction of sp³-hybridized carbons (Fsp3) is 0.0769. The van der Waals surface area contributed by atoms with Crippen LogP contribution in [0.2, 0.25) is 0 Å². The third-order valence-corrected chi connectivity index (χ3v) is 2.45. The second-order valence-electron chi connectivity index (χ2n) is 3.80. The van der Waals surface area contributed by atoms with Gasteiger partial charge in [0.15, 0.2) is 0 Å². The zero-order chi connectivity index (χ0) is 13.8. The molecule has 19 heavy (non-hydrogen) atoms. The van der Waals surface area contributed by atoms with E-state index in [2.05, 4.69) is 4.98 Å². The van der Waals surface area contributed by atoms with Gasteiger partial charge in [0.2, 0.25) is 0 Å². The van der Waals surface area contributed by atoms with E-state index in [1.54, 1.807) is 19.1 Å². The van der Waals surface area contributed by atoms with E-state index >= 15 is 0 Å². The van der Waals surface area contributed by atoms with Crippen LogP contribution < -0.4 is 4.74 Å². The van der Waals surface area contributed by atoms with Crippen molar-refractivity contribution >= 4 is 5.69 Å². The van der Waals surface area contributed by atoms with Gasteiger partial charge >= 0.3 is 0 Å². The molecule has 0 aliphatic carbocycles. The lowest BCUT2D eigenvalue weighted by Crippen LogP contribution is -1.93. The third-order valence-electron chi connectivity index (χ3n) is 2.45. The molecule has 1 heterocycles. The second kappa shape index (κ2) is 5.14. The summed E-state index contributed by atoms with van der Waals surface area (Å²) in [7, 11) is 0. The molecule has 0 spiro atoms. The minimum atomic E-state index is -0.442. The van der Waals surface area contributed by atoms with Gasteiger partial charge in [-0.15, -0.1) is 0 Å². The maximum Gasteiger partial charge on any atom is 0.272 e. The fourth-order valence-electron chi connectivity index (χ4n) is 1.54. The summed E-state index contributed by atoms with van der Waals surface area (Å²) in [6, 6.07) is 9.54. The van der Waals surface area contributed by atoms with E-state index in [1.165, 1.54) is 24.4 Å². The van der Waals surface area contributed by atoms with Crippen LogP contribution in [0.3, 0.4) is 0 Å². The smallest absolute Gasteiger partial charge is 0.272 e. The molecule has 1 aromatic carbocycles. The molecule has 0 bridgehead atoms. The quantitative estimate of drug-likeness (QED) is 0.621. The van der Waals surface area contributed by atoms with Gasteiger partial charge in [0, 0.05) is 11.6 Å². The number of pyridine rings is 1. The zero-order valence-electron chi connectivity index (χ0n) is 10.0. The molecule has 0 unspecified atom stereocenters. The number of benzene rings is 1. The van der Waals surface area contributed by atoms with Gasteiger partial charge in [-0.1, -0.05) is 0 Å². The highest BCUT2D eigenvalue weighted by molar-refractivity contribution is 5.45. The Kier molecular flexibility index (Phi) is 3.39. The lowest BCUT2D eigenvalue weighted by Gasteiger charge is -2.06. The number of aryl methyl sites for hydroxylation is 1. The molecule has 0 N–H and O–H groups in total. The van der Waals surface area contributed by atoms with E-state index < -0.39 is 4.92 Å². The predicted octanol–water partition coefficient (Wildman–Crippen LogP) is 2.96. The Balaban J connectivity index is 2.21. The van der Waals surface area contributed by atoms with Gasteiger partial charge in [0.1, 0.15) is 23.3 Å². The number of hydrogen-bond donors (Lipinski definition) is 0. The van der Waals surface area contributed by atoms with Crippen LogP contribution >= 0.6 is 0 Å². The highest BCUT2D eigenvalue weighted by Crippen LogP contribution is 2.26. The number of rotatable bonds is 3. The summed E-state index contributed by atoms with van der Waals surface area (Å²) in [5.74, 6) is 0.946. The summed E-state index contributed by atoms with van der Waals surface area (Å²) in [4.78, 5) is 14.1. The van der Waals surface area contributed by atoms with E-state index in [0.717, 1.165) is 0 Å². The summed E-state index contributed by atoms with van der Waals surface area (Å²) >= 11 is 0. The number of nitro groups is 1. The zero-order valence-corrected chi connectivity index (χ0v) is 10.0. The molecule has 0 aliphatic rings. The summed E-state index contributed by atoms with van der Waals surface area (Å²) in [5, 5.41) is 19.3. The van der Waals surface area contributed by atoms with Crippen molar-refractivity contribution in [3.63, 3.8) is 0 Å². The molecule has 0 saturated carbocycles. The van der Waals surface area contributed by atoms with Gasteiger partial charge in [0.25, 0.3) is 5.69 Å². The van der Waals surface area contributed by atoms with E-state index in [0.29, 0.717) is 22.8 Å². The highest BCUT2D eigenvalue weighted by atomic mass is 16.6. The van der Waals surface area contributed by atoms with E-state index in [4.69, 9.17) is 10.00 Å². The average Bonchev–Trinajstić information content (AvgIpc) is 2.39. The van der Waals surface area contributed by atoms with Crippen molar-refractivity contribution < 1.29 is 9.66 Å². The predicted molar refractivity (Wildman–Crippen MR) is 66.9 cm³/mol. The van der Waals surface area contributed by atoms with Crippen LogP contribution in [0.25, 0.3) is 0 Å². The summed E-state index contributed by atoms with van der Waals surface area (Å²) in [6.07, 6.45) is 1.43. The molecule has 2 aromatic rings. The van der Waals surface area contributed by atoms with Gasteiger partial charge < -0.3 is 4.74 Å². The van der Waals surface area contributed by atoms with Gasteiger partial charge in [-0.2, -0.15) is 5.26 Å². The van der Waals surface area contributed by atoms with Crippen molar-refractivity contribution in [2.45, 2.75) is 6.92 Å². The number of nitrogens with zero attached hydrogens (tertiary/aromatic N) is 3. The van der Waals surface area contributed by atoms with Crippen LogP contribution in [0.4, 0.5) is 5.69 Å². The van der Waals surface area contributed by atoms with Crippen molar-refractivity contribution in [1.29, 1.82) is 5.26 Å². The fourth-order valence-corrected chi connectivity index (χ4v) is 1.54. The normalized spacial score (nSPS) is 9.68. The lowest BCUT2D eigenvalue weighted by atomic mass is 10.2. The third kappa shape index (κ3) is 2.84. The minimum Gasteiger partial charge on any atom is -0.456 e. The van der Waals surface area contributed by atoms with E-state index in [9.17, 15) is 10.1 Å². The van der Waals surface area contributed by atoms with Crippen LogP contribution in [-0.2, 0) is 0 Å². The molecule has 0 atom stereocenters. The number of aromatic nitrogens is 1. The summed E-state index contributed by atoms with van der Waals surface area (Å²) in [6.45, 7) is 1.64. The van der Waals surface area contributed by atoms with Gasteiger partial charge in [-0.25, -0.2) is 4.98 Å². The van der Waals surface area contributed by atoms with E-state index in [-0.39, 0.29) is 5.69 Å². The molecule has 94 valence electrons. The highest BCUT2D eigenvalue weighted by Gasteiger charge is 2.11. The van der Waals surface area contributed by atoms with Crippen LogP contribution in [0, 0.1) is 28.4 Å². The van der Waals surface area contributed by atoms with Crippen LogP contribution in [0.15, 0.2) is 36.5 Å². The largest absolute Gasteiger partial charge is 0.456 e. The first-order valence-corrected chi connectivity index (χ1v) is 5.39. The molecular weight excluding hydrogens is 246 g/mol. The minimum absolute atomic E-state index is 0.0466. The van der Waals surface area contributed by atoms with E-state index in [1.807, 2.05) is 6.07 Å². The Labute approximate surface area is 109 Å². The maximum absolute atomic E-state index is 10.7. The summed E-state index contributed by atoms with van der Waals surface area (Å²) in [5.41, 5.74) is 0.863. The van der Waals surface area contributed by atoms with Crippen molar-refractivity contribution in [3.8, 4) is 17.6 Å². The Hall–Kier alpha value is -2.94. The summed E-state index contributed by atoms with van der Waals surface area (Å²) < 4.78 is 5.50. The molecule has 0 amide bonds. The Morgan fingerprint density at radius 3 is 2.58 bits per heavy atom.